The molecule has 0 fully saturated rings. The number of ether oxygens (including phenoxy) is 4. The van der Waals surface area contributed by atoms with E-state index >= 15 is 0 Å². The molecule has 4 rings (SSSR count). The van der Waals surface area contributed by atoms with Gasteiger partial charge in [-0.2, -0.15) is 0 Å². The van der Waals surface area contributed by atoms with Crippen LogP contribution >= 0.6 is 0 Å². The molecule has 0 saturated heterocycles. The fourth-order valence-electron chi connectivity index (χ4n) is 5.17. The van der Waals surface area contributed by atoms with Crippen molar-refractivity contribution in [2.24, 2.45) is 11.8 Å². The summed E-state index contributed by atoms with van der Waals surface area (Å²) in [6.45, 7) is 1.38. The van der Waals surface area contributed by atoms with Crippen LogP contribution < -0.4 is 19.5 Å². The molecule has 0 spiro atoms. The third-order valence-corrected chi connectivity index (χ3v) is 6.42. The molecule has 8 nitrogen and oxygen atoms in total. The second-order valence-electron chi connectivity index (χ2n) is 8.19. The number of nitrogens with one attached hydrogen (secondary N) is 1. The molecule has 0 aromatic heterocycles. The topological polar surface area (TPSA) is 100 Å². The van der Waals surface area contributed by atoms with Crippen LogP contribution in [0.4, 0.5) is 0 Å². The van der Waals surface area contributed by atoms with Crippen molar-refractivity contribution < 1.29 is 33.3 Å². The van der Waals surface area contributed by atoms with Crippen molar-refractivity contribution >= 4 is 23.0 Å². The lowest BCUT2D eigenvalue weighted by molar-refractivity contribution is -0.128. The summed E-state index contributed by atoms with van der Waals surface area (Å²) in [6.07, 6.45) is 2.84. The third kappa shape index (κ3) is 3.25. The number of benzene rings is 1. The molecule has 3 aliphatic carbocycles. The van der Waals surface area contributed by atoms with Crippen LogP contribution in [0.5, 0.6) is 17.2 Å². The molecule has 1 aromatic carbocycles. The van der Waals surface area contributed by atoms with Gasteiger partial charge in [0.1, 0.15) is 5.78 Å². The first-order chi connectivity index (χ1) is 15.4. The smallest absolute Gasteiger partial charge is 0.227 e. The molecule has 3 aliphatic rings. The van der Waals surface area contributed by atoms with E-state index in [1.54, 1.807) is 21.3 Å². The maximum absolute atomic E-state index is 13.0. The molecule has 8 heteroatoms. The van der Waals surface area contributed by atoms with E-state index in [4.69, 9.17) is 18.9 Å². The molecular weight excluding hydrogens is 414 g/mol. The highest BCUT2D eigenvalue weighted by atomic mass is 16.5. The minimum Gasteiger partial charge on any atom is -0.493 e. The normalized spacial score (nSPS) is 23.1. The Morgan fingerprint density at radius 1 is 1.06 bits per heavy atom. The molecule has 0 radical (unpaired) electrons. The van der Waals surface area contributed by atoms with Gasteiger partial charge < -0.3 is 24.3 Å². The Morgan fingerprint density at radius 2 is 1.78 bits per heavy atom. The minimum absolute atomic E-state index is 0.0926. The van der Waals surface area contributed by atoms with E-state index in [9.17, 15) is 14.4 Å². The van der Waals surface area contributed by atoms with Gasteiger partial charge in [0.15, 0.2) is 17.3 Å². The van der Waals surface area contributed by atoms with Gasteiger partial charge in [0.25, 0.3) is 0 Å². The number of rotatable bonds is 7. The molecule has 170 valence electrons. The number of Topliss-reactive ketones (excluding diaryl/α,β-unsaturated/α-hetero) is 2. The molecule has 0 aliphatic heterocycles. The first kappa shape index (κ1) is 21.9. The molecule has 32 heavy (non-hydrogen) atoms. The molecule has 0 unspecified atom stereocenters. The molecule has 1 N–H and O–H groups in total. The van der Waals surface area contributed by atoms with Gasteiger partial charge in [0.05, 0.1) is 46.8 Å². The molecule has 0 saturated carbocycles. The maximum atomic E-state index is 13.0. The molecule has 0 bridgehead atoms. The predicted octanol–water partition coefficient (Wildman–Crippen LogP) is 2.24. The number of carbonyl (C=O) groups is 3. The zero-order valence-electron chi connectivity index (χ0n) is 18.9. The first-order valence-corrected chi connectivity index (χ1v) is 10.5. The van der Waals surface area contributed by atoms with Gasteiger partial charge >= 0.3 is 0 Å². The minimum atomic E-state index is -0.397. The second kappa shape index (κ2) is 8.33. The summed E-state index contributed by atoms with van der Waals surface area (Å²) < 4.78 is 22.2. The van der Waals surface area contributed by atoms with Crippen LogP contribution in [0.2, 0.25) is 0 Å². The van der Waals surface area contributed by atoms with E-state index in [1.165, 1.54) is 14.0 Å². The summed E-state index contributed by atoms with van der Waals surface area (Å²) in [4.78, 5) is 36.9. The average molecular weight is 441 g/mol. The number of allylic oxidation sites excluding steroid dienone is 3. The summed E-state index contributed by atoms with van der Waals surface area (Å²) in [5.41, 5.74) is 3.64. The van der Waals surface area contributed by atoms with Gasteiger partial charge in [-0.3, -0.25) is 14.4 Å². The fraction of sp³-hybridized carbons (Fsp3) is 0.458. The second-order valence-corrected chi connectivity index (χ2v) is 8.19. The molecule has 1 amide bonds. The Kier molecular flexibility index (Phi) is 5.71. The summed E-state index contributed by atoms with van der Waals surface area (Å²) in [5, 5.41) is 2.98. The third-order valence-electron chi connectivity index (χ3n) is 6.42. The zero-order chi connectivity index (χ0) is 23.2. The van der Waals surface area contributed by atoms with E-state index in [1.807, 2.05) is 12.1 Å². The van der Waals surface area contributed by atoms with Crippen LogP contribution in [0.1, 0.15) is 30.9 Å². The van der Waals surface area contributed by atoms with Gasteiger partial charge in [-0.1, -0.05) is 0 Å². The van der Waals surface area contributed by atoms with Crippen LogP contribution in [0.15, 0.2) is 23.5 Å². The van der Waals surface area contributed by atoms with Gasteiger partial charge in [-0.25, -0.2) is 0 Å². The van der Waals surface area contributed by atoms with Crippen molar-refractivity contribution in [2.75, 3.05) is 28.4 Å². The van der Waals surface area contributed by atoms with E-state index in [0.29, 0.717) is 35.8 Å². The summed E-state index contributed by atoms with van der Waals surface area (Å²) in [6, 6.07) is 1.55. The summed E-state index contributed by atoms with van der Waals surface area (Å²) in [7, 11) is 6.17. The largest absolute Gasteiger partial charge is 0.493 e. The van der Waals surface area contributed by atoms with E-state index in [0.717, 1.165) is 22.3 Å². The number of ketones is 2. The lowest BCUT2D eigenvalue weighted by Crippen LogP contribution is -2.45. The average Bonchev–Trinajstić information content (AvgIpc) is 2.94. The van der Waals surface area contributed by atoms with Gasteiger partial charge in [0.2, 0.25) is 17.4 Å². The van der Waals surface area contributed by atoms with E-state index in [-0.39, 0.29) is 35.9 Å². The van der Waals surface area contributed by atoms with Crippen molar-refractivity contribution in [1.82, 2.24) is 5.32 Å². The van der Waals surface area contributed by atoms with Crippen LogP contribution in [0.3, 0.4) is 0 Å². The number of fused-ring (bicyclic) bond motifs is 5. The van der Waals surface area contributed by atoms with Crippen LogP contribution in [0.25, 0.3) is 5.57 Å². The SMILES string of the molecule is COC1=C[C@@H]2C3=C([C@H]2C1=O)[C@@H](NC(=O)CC(C)=O)CCc1cc(OC)c(OC)c(OC)c13. The number of hydrogen-bond donors (Lipinski definition) is 1. The summed E-state index contributed by atoms with van der Waals surface area (Å²) in [5.74, 6) is 0.657. The molecule has 0 heterocycles. The molecular formula is C24H27NO7. The quantitative estimate of drug-likeness (QED) is 0.648. The van der Waals surface area contributed by atoms with Crippen LogP contribution in [0, 0.1) is 11.8 Å². The summed E-state index contributed by atoms with van der Waals surface area (Å²) >= 11 is 0. The monoisotopic (exact) mass is 441 g/mol. The van der Waals surface area contributed by atoms with Crippen LogP contribution in [-0.4, -0.2) is 52.0 Å². The van der Waals surface area contributed by atoms with Gasteiger partial charge in [-0.15, -0.1) is 0 Å². The van der Waals surface area contributed by atoms with Crippen molar-refractivity contribution in [3.05, 3.63) is 34.6 Å². The van der Waals surface area contributed by atoms with Gasteiger partial charge in [0, 0.05) is 11.5 Å². The Labute approximate surface area is 186 Å². The van der Waals surface area contributed by atoms with Crippen molar-refractivity contribution in [1.29, 1.82) is 0 Å². The van der Waals surface area contributed by atoms with Crippen LogP contribution in [-0.2, 0) is 25.5 Å². The number of amides is 1. The fourth-order valence-corrected chi connectivity index (χ4v) is 5.17. The standard InChI is InChI=1S/C24H27NO7/c1-11(26)8-17(27)25-14-7-6-12-9-16(30-3)23(31-4)24(32-5)18(12)19-13-10-15(29-2)22(28)20(13)21(14)19/h9-10,13-14,20H,6-8H2,1-5H3,(H,25,27)/t13-,14+,20+/m1/s1. The Morgan fingerprint density at radius 3 is 2.38 bits per heavy atom. The number of aryl methyl sites for hydroxylation is 1. The lowest BCUT2D eigenvalue weighted by atomic mass is 9.64. The molecule has 3 atom stereocenters. The zero-order valence-corrected chi connectivity index (χ0v) is 18.9. The maximum Gasteiger partial charge on any atom is 0.227 e. The highest BCUT2D eigenvalue weighted by Crippen LogP contribution is 2.59. The van der Waals surface area contributed by atoms with E-state index in [2.05, 4.69) is 5.32 Å². The Hall–Kier alpha value is -3.29. The van der Waals surface area contributed by atoms with Crippen molar-refractivity contribution in [3.8, 4) is 17.2 Å². The van der Waals surface area contributed by atoms with Gasteiger partial charge in [-0.05, 0) is 48.6 Å². The molecule has 1 aromatic rings. The Balaban J connectivity index is 1.88. The number of carbonyl (C=O) groups excluding carboxylic acids is 3. The lowest BCUT2D eigenvalue weighted by Gasteiger charge is -2.40. The number of methoxy groups -OCH3 is 4. The van der Waals surface area contributed by atoms with Crippen molar-refractivity contribution in [2.45, 2.75) is 32.2 Å². The first-order valence-electron chi connectivity index (χ1n) is 10.5. The predicted molar refractivity (Wildman–Crippen MR) is 116 cm³/mol. The highest BCUT2D eigenvalue weighted by Gasteiger charge is 2.54. The Bertz CT molecular complexity index is 1070. The number of hydrogen-bond acceptors (Lipinski definition) is 7. The van der Waals surface area contributed by atoms with E-state index < -0.39 is 5.92 Å². The highest BCUT2D eigenvalue weighted by molar-refractivity contribution is 6.09. The van der Waals surface area contributed by atoms with Crippen molar-refractivity contribution in [3.63, 3.8) is 0 Å².